The summed E-state index contributed by atoms with van der Waals surface area (Å²) in [6.45, 7) is 4.23. The first-order chi connectivity index (χ1) is 10.2. The molecule has 2 saturated heterocycles. The summed E-state index contributed by atoms with van der Waals surface area (Å²) in [7, 11) is 0. The number of hydrogen-bond donors (Lipinski definition) is 1. The first-order valence-electron chi connectivity index (χ1n) is 7.45. The van der Waals surface area contributed by atoms with E-state index in [1.807, 2.05) is 0 Å². The summed E-state index contributed by atoms with van der Waals surface area (Å²) in [6, 6.07) is 7.53. The lowest BCUT2D eigenvalue weighted by molar-refractivity contribution is 0.0697. The third-order valence-corrected chi connectivity index (χ3v) is 4.53. The molecule has 5 heteroatoms. The first-order valence-corrected chi connectivity index (χ1v) is 7.45. The van der Waals surface area contributed by atoms with Crippen molar-refractivity contribution in [3.05, 3.63) is 29.3 Å². The number of nitrogens with zero attached hydrogens (tertiary/aromatic N) is 3. The van der Waals surface area contributed by atoms with Crippen LogP contribution in [0.5, 0.6) is 0 Å². The number of likely N-dealkylation sites (tertiary alicyclic amines) is 1. The maximum atomic E-state index is 11.0. The second-order valence-corrected chi connectivity index (χ2v) is 5.78. The van der Waals surface area contributed by atoms with Crippen LogP contribution in [0.4, 0.5) is 5.69 Å². The quantitative estimate of drug-likeness (QED) is 0.919. The van der Waals surface area contributed by atoms with Gasteiger partial charge in [0.15, 0.2) is 0 Å². The lowest BCUT2D eigenvalue weighted by atomic mass is 10.1. The maximum absolute atomic E-state index is 11.0. The number of benzene rings is 1. The molecule has 0 bridgehead atoms. The summed E-state index contributed by atoms with van der Waals surface area (Å²) in [6.07, 6.45) is 3.69. The van der Waals surface area contributed by atoms with Gasteiger partial charge in [0.2, 0.25) is 0 Å². The third kappa shape index (κ3) is 2.72. The highest BCUT2D eigenvalue weighted by Crippen LogP contribution is 2.28. The van der Waals surface area contributed by atoms with E-state index in [1.54, 1.807) is 12.1 Å². The van der Waals surface area contributed by atoms with Crippen molar-refractivity contribution in [2.24, 2.45) is 0 Å². The van der Waals surface area contributed by atoms with E-state index >= 15 is 0 Å². The number of carboxylic acids is 1. The Balaban J connectivity index is 1.78. The number of hydrogen-bond acceptors (Lipinski definition) is 4. The molecule has 0 aliphatic carbocycles. The molecule has 110 valence electrons. The van der Waals surface area contributed by atoms with Gasteiger partial charge in [-0.15, -0.1) is 0 Å². The average Bonchev–Trinajstić information content (AvgIpc) is 3.17. The molecule has 1 unspecified atom stereocenters. The Hall–Kier alpha value is -2.06. The highest BCUT2D eigenvalue weighted by molar-refractivity contribution is 5.89. The molecule has 21 heavy (non-hydrogen) atoms. The lowest BCUT2D eigenvalue weighted by Gasteiger charge is -2.25. The van der Waals surface area contributed by atoms with Crippen molar-refractivity contribution in [1.29, 1.82) is 5.26 Å². The van der Waals surface area contributed by atoms with E-state index in [1.165, 1.54) is 32.0 Å². The zero-order valence-electron chi connectivity index (χ0n) is 12.0. The van der Waals surface area contributed by atoms with Gasteiger partial charge in [0.25, 0.3) is 0 Å². The van der Waals surface area contributed by atoms with Crippen LogP contribution in [0.15, 0.2) is 18.2 Å². The SMILES string of the molecule is N#Cc1cc(C(=O)O)ccc1N1CCC(N2CCCC2)C1. The van der Waals surface area contributed by atoms with Crippen molar-refractivity contribution >= 4 is 11.7 Å². The number of nitriles is 1. The highest BCUT2D eigenvalue weighted by Gasteiger charge is 2.30. The van der Waals surface area contributed by atoms with Crippen molar-refractivity contribution in [1.82, 2.24) is 4.90 Å². The van der Waals surface area contributed by atoms with E-state index in [0.29, 0.717) is 11.6 Å². The van der Waals surface area contributed by atoms with Crippen LogP contribution in [0, 0.1) is 11.3 Å². The zero-order valence-corrected chi connectivity index (χ0v) is 12.0. The fourth-order valence-electron chi connectivity index (χ4n) is 3.40. The predicted octanol–water partition coefficient (Wildman–Crippen LogP) is 1.93. The summed E-state index contributed by atoms with van der Waals surface area (Å²) < 4.78 is 0. The molecule has 1 N–H and O–H groups in total. The van der Waals surface area contributed by atoms with Crippen molar-refractivity contribution in [2.75, 3.05) is 31.1 Å². The molecule has 2 aliphatic rings. The Kier molecular flexibility index (Phi) is 3.80. The summed E-state index contributed by atoms with van der Waals surface area (Å²) in [5, 5.41) is 18.3. The molecule has 0 saturated carbocycles. The second-order valence-electron chi connectivity index (χ2n) is 5.78. The van der Waals surface area contributed by atoms with E-state index in [-0.39, 0.29) is 5.56 Å². The molecule has 2 aliphatic heterocycles. The molecule has 3 rings (SSSR count). The van der Waals surface area contributed by atoms with Crippen molar-refractivity contribution in [2.45, 2.75) is 25.3 Å². The number of rotatable bonds is 3. The van der Waals surface area contributed by atoms with Crippen molar-refractivity contribution in [3.63, 3.8) is 0 Å². The lowest BCUT2D eigenvalue weighted by Crippen LogP contribution is -2.35. The molecule has 1 aromatic carbocycles. The second kappa shape index (κ2) is 5.74. The van der Waals surface area contributed by atoms with Crippen LogP contribution in [0.3, 0.4) is 0 Å². The molecule has 2 heterocycles. The third-order valence-electron chi connectivity index (χ3n) is 4.53. The minimum absolute atomic E-state index is 0.172. The summed E-state index contributed by atoms with van der Waals surface area (Å²) in [5.74, 6) is -0.991. The molecule has 1 atom stereocenters. The monoisotopic (exact) mass is 285 g/mol. The fraction of sp³-hybridized carbons (Fsp3) is 0.500. The molecular weight excluding hydrogens is 266 g/mol. The van der Waals surface area contributed by atoms with Gasteiger partial charge in [0.1, 0.15) is 6.07 Å². The highest BCUT2D eigenvalue weighted by atomic mass is 16.4. The van der Waals surface area contributed by atoms with Gasteiger partial charge in [0, 0.05) is 19.1 Å². The summed E-state index contributed by atoms with van der Waals surface area (Å²) in [5.41, 5.74) is 1.49. The predicted molar refractivity (Wildman–Crippen MR) is 79.5 cm³/mol. The molecule has 5 nitrogen and oxygen atoms in total. The molecule has 0 aromatic heterocycles. The number of carbonyl (C=O) groups is 1. The first kappa shape index (κ1) is 13.9. The Morgan fingerprint density at radius 2 is 2.05 bits per heavy atom. The van der Waals surface area contributed by atoms with Gasteiger partial charge in [-0.1, -0.05) is 0 Å². The van der Waals surface area contributed by atoms with E-state index in [9.17, 15) is 10.1 Å². The Labute approximate surface area is 124 Å². The van der Waals surface area contributed by atoms with Crippen LogP contribution in [0.1, 0.15) is 35.2 Å². The minimum Gasteiger partial charge on any atom is -0.478 e. The molecular formula is C16H19N3O2. The Morgan fingerprint density at radius 3 is 2.71 bits per heavy atom. The number of anilines is 1. The van der Waals surface area contributed by atoms with Crippen LogP contribution < -0.4 is 4.90 Å². The molecule has 1 aromatic rings. The van der Waals surface area contributed by atoms with E-state index in [2.05, 4.69) is 15.9 Å². The van der Waals surface area contributed by atoms with E-state index in [0.717, 1.165) is 25.2 Å². The largest absolute Gasteiger partial charge is 0.478 e. The van der Waals surface area contributed by atoms with Crippen molar-refractivity contribution in [3.8, 4) is 6.07 Å². The van der Waals surface area contributed by atoms with Gasteiger partial charge in [-0.2, -0.15) is 5.26 Å². The summed E-state index contributed by atoms with van der Waals surface area (Å²) in [4.78, 5) is 15.8. The zero-order chi connectivity index (χ0) is 14.8. The average molecular weight is 285 g/mol. The van der Waals surface area contributed by atoms with Crippen LogP contribution in [0.2, 0.25) is 0 Å². The topological polar surface area (TPSA) is 67.6 Å². The Morgan fingerprint density at radius 1 is 1.29 bits per heavy atom. The van der Waals surface area contributed by atoms with E-state index < -0.39 is 5.97 Å². The normalized spacial score (nSPS) is 22.4. The standard InChI is InChI=1S/C16H19N3O2/c17-10-13-9-12(16(20)21)3-4-15(13)19-8-5-14(11-19)18-6-1-2-7-18/h3-4,9,14H,1-2,5-8,11H2,(H,20,21). The van der Waals surface area contributed by atoms with Crippen molar-refractivity contribution < 1.29 is 9.90 Å². The van der Waals surface area contributed by atoms with E-state index in [4.69, 9.17) is 5.11 Å². The number of carboxylic acid groups (broad SMARTS) is 1. The van der Waals surface area contributed by atoms with Gasteiger partial charge in [-0.25, -0.2) is 4.79 Å². The van der Waals surface area contributed by atoms with Gasteiger partial charge in [0.05, 0.1) is 16.8 Å². The van der Waals surface area contributed by atoms with Gasteiger partial charge in [-0.05, 0) is 50.6 Å². The maximum Gasteiger partial charge on any atom is 0.335 e. The van der Waals surface area contributed by atoms with Gasteiger partial charge < -0.3 is 10.0 Å². The van der Waals surface area contributed by atoms with Crippen LogP contribution in [-0.4, -0.2) is 48.2 Å². The molecule has 2 fully saturated rings. The van der Waals surface area contributed by atoms with Crippen LogP contribution >= 0.6 is 0 Å². The fourth-order valence-corrected chi connectivity index (χ4v) is 3.40. The molecule has 0 amide bonds. The van der Waals surface area contributed by atoms with Crippen LogP contribution in [0.25, 0.3) is 0 Å². The molecule has 0 spiro atoms. The molecule has 0 radical (unpaired) electrons. The van der Waals surface area contributed by atoms with Gasteiger partial charge in [-0.3, -0.25) is 4.90 Å². The van der Waals surface area contributed by atoms with Gasteiger partial charge >= 0.3 is 5.97 Å². The summed E-state index contributed by atoms with van der Waals surface area (Å²) >= 11 is 0. The Bertz CT molecular complexity index is 588. The minimum atomic E-state index is -0.991. The van der Waals surface area contributed by atoms with Crippen LogP contribution in [-0.2, 0) is 0 Å². The number of aromatic carboxylic acids is 1. The smallest absolute Gasteiger partial charge is 0.335 e.